The second-order valence-corrected chi connectivity index (χ2v) is 4.71. The SMILES string of the molecule is CC(NC1(C(=O)O)CCCC1)c1ccccn1. The van der Waals surface area contributed by atoms with Gasteiger partial charge in [0.1, 0.15) is 5.54 Å². The third kappa shape index (κ3) is 2.47. The summed E-state index contributed by atoms with van der Waals surface area (Å²) in [6, 6.07) is 5.66. The van der Waals surface area contributed by atoms with Crippen LogP contribution >= 0.6 is 0 Å². The second kappa shape index (κ2) is 4.84. The normalized spacial score (nSPS) is 20.1. The average molecular weight is 234 g/mol. The minimum absolute atomic E-state index is 0.0367. The Kier molecular flexibility index (Phi) is 3.43. The first-order valence-corrected chi connectivity index (χ1v) is 6.06. The zero-order valence-corrected chi connectivity index (χ0v) is 10.0. The van der Waals surface area contributed by atoms with Crippen molar-refractivity contribution in [1.82, 2.24) is 10.3 Å². The summed E-state index contributed by atoms with van der Waals surface area (Å²) in [5.41, 5.74) is 0.136. The van der Waals surface area contributed by atoms with Crippen LogP contribution in [0.3, 0.4) is 0 Å². The first kappa shape index (κ1) is 12.0. The topological polar surface area (TPSA) is 62.2 Å². The van der Waals surface area contributed by atoms with Crippen LogP contribution in [0.2, 0.25) is 0 Å². The van der Waals surface area contributed by atoms with Gasteiger partial charge in [0.05, 0.1) is 5.69 Å². The lowest BCUT2D eigenvalue weighted by atomic mass is 9.96. The lowest BCUT2D eigenvalue weighted by Crippen LogP contribution is -2.50. The van der Waals surface area contributed by atoms with Gasteiger partial charge in [0, 0.05) is 12.2 Å². The van der Waals surface area contributed by atoms with E-state index in [1.165, 1.54) is 0 Å². The molecule has 1 unspecified atom stereocenters. The summed E-state index contributed by atoms with van der Waals surface area (Å²) in [6.45, 7) is 1.96. The molecule has 0 saturated heterocycles. The largest absolute Gasteiger partial charge is 0.480 e. The fourth-order valence-corrected chi connectivity index (χ4v) is 2.52. The number of hydrogen-bond donors (Lipinski definition) is 2. The van der Waals surface area contributed by atoms with Gasteiger partial charge in [-0.25, -0.2) is 0 Å². The third-order valence-corrected chi connectivity index (χ3v) is 3.49. The summed E-state index contributed by atoms with van der Waals surface area (Å²) in [5, 5.41) is 12.6. The number of carboxylic acid groups (broad SMARTS) is 1. The quantitative estimate of drug-likeness (QED) is 0.837. The van der Waals surface area contributed by atoms with Crippen molar-refractivity contribution in [2.75, 3.05) is 0 Å². The van der Waals surface area contributed by atoms with E-state index in [0.29, 0.717) is 12.8 Å². The van der Waals surface area contributed by atoms with Gasteiger partial charge in [-0.3, -0.25) is 15.1 Å². The molecular weight excluding hydrogens is 216 g/mol. The molecule has 1 aliphatic carbocycles. The van der Waals surface area contributed by atoms with E-state index in [1.807, 2.05) is 25.1 Å². The van der Waals surface area contributed by atoms with Gasteiger partial charge < -0.3 is 5.11 Å². The number of aliphatic carboxylic acids is 1. The summed E-state index contributed by atoms with van der Waals surface area (Å²) < 4.78 is 0. The summed E-state index contributed by atoms with van der Waals surface area (Å²) >= 11 is 0. The van der Waals surface area contributed by atoms with E-state index in [2.05, 4.69) is 10.3 Å². The molecule has 4 heteroatoms. The molecule has 1 aliphatic rings. The molecule has 0 aromatic carbocycles. The molecule has 92 valence electrons. The van der Waals surface area contributed by atoms with Gasteiger partial charge in [-0.15, -0.1) is 0 Å². The van der Waals surface area contributed by atoms with Gasteiger partial charge >= 0.3 is 5.97 Å². The second-order valence-electron chi connectivity index (χ2n) is 4.71. The summed E-state index contributed by atoms with van der Waals surface area (Å²) in [7, 11) is 0. The molecule has 1 fully saturated rings. The van der Waals surface area contributed by atoms with Crippen LogP contribution in [0.4, 0.5) is 0 Å². The Bertz CT molecular complexity index is 386. The molecule has 0 spiro atoms. The van der Waals surface area contributed by atoms with Crippen LogP contribution in [-0.2, 0) is 4.79 Å². The zero-order chi connectivity index (χ0) is 12.3. The van der Waals surface area contributed by atoms with Crippen LogP contribution in [0, 0.1) is 0 Å². The molecule has 1 aromatic rings. The Balaban J connectivity index is 2.11. The van der Waals surface area contributed by atoms with Crippen molar-refractivity contribution in [2.24, 2.45) is 0 Å². The molecule has 0 bridgehead atoms. The van der Waals surface area contributed by atoms with Crippen molar-refractivity contribution in [3.63, 3.8) is 0 Å². The van der Waals surface area contributed by atoms with Crippen LogP contribution < -0.4 is 5.32 Å². The van der Waals surface area contributed by atoms with Crippen molar-refractivity contribution in [1.29, 1.82) is 0 Å². The number of rotatable bonds is 4. The van der Waals surface area contributed by atoms with Crippen LogP contribution in [0.1, 0.15) is 44.3 Å². The number of pyridine rings is 1. The predicted molar refractivity (Wildman–Crippen MR) is 64.6 cm³/mol. The van der Waals surface area contributed by atoms with Crippen LogP contribution in [0.15, 0.2) is 24.4 Å². The average Bonchev–Trinajstić information content (AvgIpc) is 2.80. The van der Waals surface area contributed by atoms with Crippen LogP contribution in [0.25, 0.3) is 0 Å². The predicted octanol–water partition coefficient (Wildman–Crippen LogP) is 2.13. The monoisotopic (exact) mass is 234 g/mol. The summed E-state index contributed by atoms with van der Waals surface area (Å²) in [4.78, 5) is 15.7. The molecule has 0 radical (unpaired) electrons. The van der Waals surface area contributed by atoms with Gasteiger partial charge in [-0.2, -0.15) is 0 Å². The minimum Gasteiger partial charge on any atom is -0.480 e. The van der Waals surface area contributed by atoms with Gasteiger partial charge in [0.15, 0.2) is 0 Å². The molecule has 4 nitrogen and oxygen atoms in total. The molecule has 0 aliphatic heterocycles. The highest BCUT2D eigenvalue weighted by molar-refractivity contribution is 5.79. The number of nitrogens with one attached hydrogen (secondary N) is 1. The smallest absolute Gasteiger partial charge is 0.323 e. The molecule has 2 N–H and O–H groups in total. The first-order valence-electron chi connectivity index (χ1n) is 6.06. The van der Waals surface area contributed by atoms with Crippen molar-refractivity contribution in [3.05, 3.63) is 30.1 Å². The lowest BCUT2D eigenvalue weighted by Gasteiger charge is -2.29. The molecule has 2 rings (SSSR count). The van der Waals surface area contributed by atoms with Crippen molar-refractivity contribution >= 4 is 5.97 Å². The standard InChI is InChI=1S/C13H18N2O2/c1-10(11-6-2-5-9-14-11)15-13(12(16)17)7-3-4-8-13/h2,5-6,9-10,15H,3-4,7-8H2,1H3,(H,16,17). The molecule has 0 amide bonds. The fourth-order valence-electron chi connectivity index (χ4n) is 2.52. The lowest BCUT2D eigenvalue weighted by molar-refractivity contribution is -0.145. The van der Waals surface area contributed by atoms with Gasteiger partial charge in [-0.05, 0) is 31.9 Å². The number of carboxylic acids is 1. The Labute approximate surface area is 101 Å². The number of hydrogen-bond acceptors (Lipinski definition) is 3. The Morgan fingerprint density at radius 3 is 2.71 bits per heavy atom. The van der Waals surface area contributed by atoms with Crippen LogP contribution in [-0.4, -0.2) is 21.6 Å². The van der Waals surface area contributed by atoms with E-state index in [-0.39, 0.29) is 6.04 Å². The van der Waals surface area contributed by atoms with Gasteiger partial charge in [-0.1, -0.05) is 18.9 Å². The molecule has 1 saturated carbocycles. The minimum atomic E-state index is -0.753. The Morgan fingerprint density at radius 2 is 2.18 bits per heavy atom. The summed E-state index contributed by atoms with van der Waals surface area (Å²) in [5.74, 6) is -0.738. The van der Waals surface area contributed by atoms with Crippen molar-refractivity contribution < 1.29 is 9.90 Å². The molecule has 1 aromatic heterocycles. The van der Waals surface area contributed by atoms with Gasteiger partial charge in [0.2, 0.25) is 0 Å². The maximum Gasteiger partial charge on any atom is 0.323 e. The maximum absolute atomic E-state index is 11.4. The van der Waals surface area contributed by atoms with E-state index in [4.69, 9.17) is 0 Å². The van der Waals surface area contributed by atoms with Crippen molar-refractivity contribution in [2.45, 2.75) is 44.2 Å². The third-order valence-electron chi connectivity index (χ3n) is 3.49. The molecule has 1 heterocycles. The van der Waals surface area contributed by atoms with Crippen molar-refractivity contribution in [3.8, 4) is 0 Å². The number of aromatic nitrogens is 1. The number of nitrogens with zero attached hydrogens (tertiary/aromatic N) is 1. The van der Waals surface area contributed by atoms with Gasteiger partial charge in [0.25, 0.3) is 0 Å². The fraction of sp³-hybridized carbons (Fsp3) is 0.538. The van der Waals surface area contributed by atoms with E-state index in [0.717, 1.165) is 18.5 Å². The van der Waals surface area contributed by atoms with E-state index in [9.17, 15) is 9.90 Å². The van der Waals surface area contributed by atoms with E-state index < -0.39 is 11.5 Å². The molecule has 1 atom stereocenters. The van der Waals surface area contributed by atoms with Crippen LogP contribution in [0.5, 0.6) is 0 Å². The molecular formula is C13H18N2O2. The highest BCUT2D eigenvalue weighted by atomic mass is 16.4. The Morgan fingerprint density at radius 1 is 1.47 bits per heavy atom. The van der Waals surface area contributed by atoms with E-state index in [1.54, 1.807) is 6.20 Å². The Hall–Kier alpha value is -1.42. The number of carbonyl (C=O) groups is 1. The zero-order valence-electron chi connectivity index (χ0n) is 10.0. The molecule has 17 heavy (non-hydrogen) atoms. The van der Waals surface area contributed by atoms with E-state index >= 15 is 0 Å². The first-order chi connectivity index (χ1) is 8.14. The maximum atomic E-state index is 11.4. The highest BCUT2D eigenvalue weighted by Crippen LogP contribution is 2.32. The highest BCUT2D eigenvalue weighted by Gasteiger charge is 2.42. The summed E-state index contributed by atoms with van der Waals surface area (Å²) in [6.07, 6.45) is 5.11.